The third-order valence-corrected chi connectivity index (χ3v) is 5.62. The molecule has 0 radical (unpaired) electrons. The molecule has 1 N–H and O–H groups in total. The molecule has 1 aromatic heterocycles. The van der Waals surface area contributed by atoms with E-state index in [9.17, 15) is 0 Å². The summed E-state index contributed by atoms with van der Waals surface area (Å²) in [5, 5.41) is 12.9. The van der Waals surface area contributed by atoms with Crippen LogP contribution in [0.1, 0.15) is 43.5 Å². The Kier molecular flexibility index (Phi) is 4.58. The maximum atomic E-state index is 5.60. The molecule has 6 heteroatoms. The fourth-order valence-corrected chi connectivity index (χ4v) is 4.40. The first kappa shape index (κ1) is 15.7. The molecule has 2 heterocycles. The summed E-state index contributed by atoms with van der Waals surface area (Å²) in [6.45, 7) is 4.54. The van der Waals surface area contributed by atoms with Crippen molar-refractivity contribution in [3.8, 4) is 0 Å². The van der Waals surface area contributed by atoms with Crippen LogP contribution >= 0.6 is 0 Å². The number of ether oxygens (including phenoxy) is 1. The van der Waals surface area contributed by atoms with Gasteiger partial charge in [-0.15, -0.1) is 5.10 Å². The van der Waals surface area contributed by atoms with Crippen molar-refractivity contribution < 1.29 is 9.64 Å². The fourth-order valence-electron chi connectivity index (χ4n) is 4.40. The Labute approximate surface area is 142 Å². The fraction of sp³-hybridized carbons (Fsp3) is 0.611. The molecule has 2 aliphatic rings. The highest BCUT2D eigenvalue weighted by molar-refractivity contribution is 5.15. The molecule has 1 saturated carbocycles. The van der Waals surface area contributed by atoms with Crippen molar-refractivity contribution in [2.75, 3.05) is 26.3 Å². The maximum absolute atomic E-state index is 5.60. The Morgan fingerprint density at radius 2 is 1.79 bits per heavy atom. The summed E-state index contributed by atoms with van der Waals surface area (Å²) in [6, 6.07) is 10.5. The molecule has 4 rings (SSSR count). The van der Waals surface area contributed by atoms with Gasteiger partial charge in [0.1, 0.15) is 13.1 Å². The monoisotopic (exact) mass is 328 g/mol. The average Bonchev–Trinajstić information content (AvgIpc) is 3.12. The second kappa shape index (κ2) is 6.99. The van der Waals surface area contributed by atoms with Gasteiger partial charge in [0.25, 0.3) is 0 Å². The zero-order valence-electron chi connectivity index (χ0n) is 14.2. The molecule has 6 nitrogen and oxygen atoms in total. The van der Waals surface area contributed by atoms with E-state index < -0.39 is 0 Å². The summed E-state index contributed by atoms with van der Waals surface area (Å²) in [5.41, 5.74) is 1.30. The van der Waals surface area contributed by atoms with E-state index in [1.807, 2.05) is 10.7 Å². The van der Waals surface area contributed by atoms with Gasteiger partial charge in [-0.1, -0.05) is 36.8 Å². The van der Waals surface area contributed by atoms with Crippen molar-refractivity contribution in [2.45, 2.75) is 44.2 Å². The lowest BCUT2D eigenvalue weighted by Crippen LogP contribution is -3.20. The molecule has 2 aromatic rings. The van der Waals surface area contributed by atoms with Gasteiger partial charge in [0, 0.05) is 12.8 Å². The van der Waals surface area contributed by atoms with Crippen molar-refractivity contribution in [1.29, 1.82) is 0 Å². The second-order valence-corrected chi connectivity index (χ2v) is 7.00. The smallest absolute Gasteiger partial charge is 0.212 e. The Morgan fingerprint density at radius 3 is 2.54 bits per heavy atom. The summed E-state index contributed by atoms with van der Waals surface area (Å²) >= 11 is 0. The molecule has 1 aromatic carbocycles. The number of nitrogens with zero attached hydrogens (tertiary/aromatic N) is 4. The minimum Gasteiger partial charge on any atom is -0.370 e. The van der Waals surface area contributed by atoms with E-state index >= 15 is 0 Å². The average molecular weight is 328 g/mol. The lowest BCUT2D eigenvalue weighted by atomic mass is 9.79. The minimum atomic E-state index is 0.0559. The van der Waals surface area contributed by atoms with E-state index in [4.69, 9.17) is 4.74 Å². The first-order chi connectivity index (χ1) is 11.9. The topological polar surface area (TPSA) is 57.3 Å². The second-order valence-electron chi connectivity index (χ2n) is 7.00. The van der Waals surface area contributed by atoms with Gasteiger partial charge < -0.3 is 9.64 Å². The number of aromatic nitrogens is 4. The molecule has 0 bridgehead atoms. The van der Waals surface area contributed by atoms with Gasteiger partial charge in [-0.3, -0.25) is 0 Å². The number of rotatable bonds is 4. The lowest BCUT2D eigenvalue weighted by Gasteiger charge is -2.43. The molecule has 0 unspecified atom stereocenters. The van der Waals surface area contributed by atoms with E-state index in [1.165, 1.54) is 37.7 Å². The predicted molar refractivity (Wildman–Crippen MR) is 89.6 cm³/mol. The summed E-state index contributed by atoms with van der Waals surface area (Å²) in [4.78, 5) is 1.61. The van der Waals surface area contributed by atoms with E-state index in [2.05, 4.69) is 39.8 Å². The van der Waals surface area contributed by atoms with Crippen molar-refractivity contribution in [1.82, 2.24) is 20.2 Å². The summed E-state index contributed by atoms with van der Waals surface area (Å²) < 4.78 is 7.63. The van der Waals surface area contributed by atoms with Gasteiger partial charge in [-0.25, -0.2) is 4.68 Å². The largest absolute Gasteiger partial charge is 0.370 e. The van der Waals surface area contributed by atoms with Crippen LogP contribution in [0.5, 0.6) is 0 Å². The Balaban J connectivity index is 1.67. The first-order valence-electron chi connectivity index (χ1n) is 9.12. The number of hydrogen-bond donors (Lipinski definition) is 1. The van der Waals surface area contributed by atoms with Crippen LogP contribution in [0.15, 0.2) is 30.3 Å². The molecular weight excluding hydrogens is 302 g/mol. The molecule has 1 aliphatic carbocycles. The normalized spacial score (nSPS) is 21.7. The van der Waals surface area contributed by atoms with Crippen LogP contribution in [0.3, 0.4) is 0 Å². The number of hydrogen-bond acceptors (Lipinski definition) is 4. The van der Waals surface area contributed by atoms with Crippen LogP contribution in [0.4, 0.5) is 0 Å². The summed E-state index contributed by atoms with van der Waals surface area (Å²) in [6.07, 6.45) is 6.21. The number of tetrazole rings is 1. The van der Waals surface area contributed by atoms with E-state index in [0.29, 0.717) is 0 Å². The minimum absolute atomic E-state index is 0.0559. The van der Waals surface area contributed by atoms with Crippen molar-refractivity contribution in [3.63, 3.8) is 0 Å². The lowest BCUT2D eigenvalue weighted by molar-refractivity contribution is -0.970. The first-order valence-corrected chi connectivity index (χ1v) is 9.12. The standard InChI is InChI=1S/C18H25N5O/c1-3-7-16(8-4-1)15-23-17(19-20-21-23)18(9-5-2-6-10-18)22-11-13-24-14-12-22/h1,3-4,7-8H,2,5-6,9-15H2/p+1. The van der Waals surface area contributed by atoms with Gasteiger partial charge in [0.15, 0.2) is 5.54 Å². The highest BCUT2D eigenvalue weighted by atomic mass is 16.5. The van der Waals surface area contributed by atoms with Gasteiger partial charge in [0.05, 0.1) is 19.8 Å². The van der Waals surface area contributed by atoms with Crippen molar-refractivity contribution >= 4 is 0 Å². The molecule has 1 aliphatic heterocycles. The zero-order valence-corrected chi connectivity index (χ0v) is 14.2. The molecular formula is C18H26N5O+. The van der Waals surface area contributed by atoms with Gasteiger partial charge in [0.2, 0.25) is 5.82 Å². The van der Waals surface area contributed by atoms with Crippen LogP contribution in [0.2, 0.25) is 0 Å². The summed E-state index contributed by atoms with van der Waals surface area (Å²) in [5.74, 6) is 1.07. The van der Waals surface area contributed by atoms with Crippen molar-refractivity contribution in [2.24, 2.45) is 0 Å². The molecule has 0 spiro atoms. The number of nitrogens with one attached hydrogen (secondary N) is 1. The number of quaternary nitrogens is 1. The molecule has 24 heavy (non-hydrogen) atoms. The van der Waals surface area contributed by atoms with E-state index in [1.54, 1.807) is 4.90 Å². The zero-order chi connectivity index (χ0) is 16.2. The third kappa shape index (κ3) is 2.96. The third-order valence-electron chi connectivity index (χ3n) is 5.62. The van der Waals surface area contributed by atoms with Crippen molar-refractivity contribution in [3.05, 3.63) is 41.7 Å². The van der Waals surface area contributed by atoms with Crippen LogP contribution in [0, 0.1) is 0 Å². The van der Waals surface area contributed by atoms with Crippen LogP contribution < -0.4 is 4.90 Å². The van der Waals surface area contributed by atoms with Gasteiger partial charge in [-0.2, -0.15) is 0 Å². The Hall–Kier alpha value is -1.79. The van der Waals surface area contributed by atoms with E-state index in [-0.39, 0.29) is 5.54 Å². The molecule has 0 amide bonds. The number of benzene rings is 1. The van der Waals surface area contributed by atoms with Gasteiger partial charge >= 0.3 is 0 Å². The summed E-state index contributed by atoms with van der Waals surface area (Å²) in [7, 11) is 0. The van der Waals surface area contributed by atoms with Crippen LogP contribution in [0.25, 0.3) is 0 Å². The molecule has 2 fully saturated rings. The highest BCUT2D eigenvalue weighted by Crippen LogP contribution is 2.33. The Bertz CT molecular complexity index is 644. The molecule has 1 saturated heterocycles. The van der Waals surface area contributed by atoms with Gasteiger partial charge in [-0.05, 0) is 28.8 Å². The molecule has 0 atom stereocenters. The Morgan fingerprint density at radius 1 is 1.04 bits per heavy atom. The van der Waals surface area contributed by atoms with Crippen LogP contribution in [-0.2, 0) is 16.8 Å². The molecule has 128 valence electrons. The highest BCUT2D eigenvalue weighted by Gasteiger charge is 2.48. The van der Waals surface area contributed by atoms with E-state index in [0.717, 1.165) is 38.7 Å². The predicted octanol–water partition coefficient (Wildman–Crippen LogP) is 0.796. The quantitative estimate of drug-likeness (QED) is 0.902. The number of morpholine rings is 1. The maximum Gasteiger partial charge on any atom is 0.212 e. The van der Waals surface area contributed by atoms with Crippen LogP contribution in [-0.4, -0.2) is 46.5 Å². The SMILES string of the molecule is c1ccc(Cn2nnnc2C2([NH+]3CCOCC3)CCCCC2)cc1.